The van der Waals surface area contributed by atoms with Crippen molar-refractivity contribution in [3.8, 4) is 6.07 Å². The van der Waals surface area contributed by atoms with E-state index >= 15 is 0 Å². The van der Waals surface area contributed by atoms with Crippen LogP contribution in [-0.4, -0.2) is 18.3 Å². The van der Waals surface area contributed by atoms with Gasteiger partial charge >= 0.3 is 7.12 Å². The summed E-state index contributed by atoms with van der Waals surface area (Å²) in [7, 11) is -0.317. The highest BCUT2D eigenvalue weighted by atomic mass is 16.7. The van der Waals surface area contributed by atoms with Gasteiger partial charge in [-0.05, 0) is 52.4 Å². The molecule has 0 unspecified atom stereocenters. The van der Waals surface area contributed by atoms with Gasteiger partial charge in [-0.3, -0.25) is 0 Å². The molecule has 0 amide bonds. The standard InChI is InChI=1S/C12H18BNO2/c1-11(2)12(3,4)16-13(15-11)10-7-5-6-9(10)8-14/h5-7H2,1-4H3. The van der Waals surface area contributed by atoms with Crippen LogP contribution in [0.2, 0.25) is 0 Å². The molecule has 0 aromatic carbocycles. The van der Waals surface area contributed by atoms with Gasteiger partial charge in [-0.15, -0.1) is 0 Å². The molecule has 2 aliphatic rings. The Morgan fingerprint density at radius 2 is 1.69 bits per heavy atom. The first kappa shape index (κ1) is 11.7. The van der Waals surface area contributed by atoms with Crippen molar-refractivity contribution in [1.82, 2.24) is 0 Å². The van der Waals surface area contributed by atoms with Crippen molar-refractivity contribution < 1.29 is 9.31 Å². The third kappa shape index (κ3) is 1.68. The maximum atomic E-state index is 9.04. The molecule has 1 heterocycles. The fourth-order valence-electron chi connectivity index (χ4n) is 2.14. The Balaban J connectivity index is 2.25. The molecule has 0 aromatic heterocycles. The Bertz CT molecular complexity index is 363. The van der Waals surface area contributed by atoms with E-state index in [2.05, 4.69) is 6.07 Å². The topological polar surface area (TPSA) is 42.2 Å². The van der Waals surface area contributed by atoms with Gasteiger partial charge in [-0.2, -0.15) is 5.26 Å². The Kier molecular flexibility index (Phi) is 2.64. The third-order valence-corrected chi connectivity index (χ3v) is 3.93. The van der Waals surface area contributed by atoms with Crippen LogP contribution in [0.25, 0.3) is 0 Å². The molecule has 1 aliphatic heterocycles. The van der Waals surface area contributed by atoms with Gasteiger partial charge in [0.25, 0.3) is 0 Å². The Morgan fingerprint density at radius 3 is 2.19 bits per heavy atom. The second kappa shape index (κ2) is 3.61. The summed E-state index contributed by atoms with van der Waals surface area (Å²) in [5.41, 5.74) is 1.29. The van der Waals surface area contributed by atoms with Gasteiger partial charge in [0, 0.05) is 5.57 Å². The van der Waals surface area contributed by atoms with E-state index in [0.29, 0.717) is 0 Å². The molecule has 0 radical (unpaired) electrons. The van der Waals surface area contributed by atoms with Crippen LogP contribution in [0.3, 0.4) is 0 Å². The molecule has 1 saturated heterocycles. The molecule has 0 N–H and O–H groups in total. The van der Waals surface area contributed by atoms with Gasteiger partial charge in [0.05, 0.1) is 17.3 Å². The summed E-state index contributed by atoms with van der Waals surface area (Å²) in [6.07, 6.45) is 2.85. The van der Waals surface area contributed by atoms with Crippen LogP contribution in [-0.2, 0) is 9.31 Å². The highest BCUT2D eigenvalue weighted by Crippen LogP contribution is 2.41. The summed E-state index contributed by atoms with van der Waals surface area (Å²) in [5.74, 6) is 0. The van der Waals surface area contributed by atoms with Crippen LogP contribution in [0.4, 0.5) is 0 Å². The summed E-state index contributed by atoms with van der Waals surface area (Å²) >= 11 is 0. The van der Waals surface area contributed by atoms with E-state index < -0.39 is 0 Å². The normalized spacial score (nSPS) is 27.3. The van der Waals surface area contributed by atoms with Crippen molar-refractivity contribution in [3.63, 3.8) is 0 Å². The van der Waals surface area contributed by atoms with E-state index in [0.717, 1.165) is 30.3 Å². The molecule has 0 atom stereocenters. The lowest BCUT2D eigenvalue weighted by Gasteiger charge is -2.32. The number of nitriles is 1. The number of nitrogens with zero attached hydrogens (tertiary/aromatic N) is 1. The maximum absolute atomic E-state index is 9.04. The predicted octanol–water partition coefficient (Wildman–Crippen LogP) is 2.62. The lowest BCUT2D eigenvalue weighted by Crippen LogP contribution is -2.41. The third-order valence-electron chi connectivity index (χ3n) is 3.93. The van der Waals surface area contributed by atoms with Gasteiger partial charge in [0.1, 0.15) is 0 Å². The molecular weight excluding hydrogens is 201 g/mol. The van der Waals surface area contributed by atoms with E-state index in [1.54, 1.807) is 0 Å². The molecule has 4 heteroatoms. The van der Waals surface area contributed by atoms with Crippen LogP contribution in [0.1, 0.15) is 47.0 Å². The molecule has 86 valence electrons. The van der Waals surface area contributed by atoms with Crippen molar-refractivity contribution >= 4 is 7.12 Å². The van der Waals surface area contributed by atoms with Gasteiger partial charge in [0.15, 0.2) is 0 Å². The molecule has 0 bridgehead atoms. The highest BCUT2D eigenvalue weighted by Gasteiger charge is 2.53. The first-order valence-corrected chi connectivity index (χ1v) is 5.85. The van der Waals surface area contributed by atoms with Crippen molar-refractivity contribution in [3.05, 3.63) is 11.0 Å². The number of rotatable bonds is 1. The van der Waals surface area contributed by atoms with Crippen molar-refractivity contribution in [2.24, 2.45) is 0 Å². The van der Waals surface area contributed by atoms with Gasteiger partial charge < -0.3 is 9.31 Å². The average Bonchev–Trinajstić information content (AvgIpc) is 2.69. The Hall–Kier alpha value is -0.785. The first-order chi connectivity index (χ1) is 7.37. The number of hydrogen-bond donors (Lipinski definition) is 0. The van der Waals surface area contributed by atoms with Crippen LogP contribution >= 0.6 is 0 Å². The fraction of sp³-hybridized carbons (Fsp3) is 0.750. The van der Waals surface area contributed by atoms with Crippen LogP contribution < -0.4 is 0 Å². The fourth-order valence-corrected chi connectivity index (χ4v) is 2.14. The monoisotopic (exact) mass is 219 g/mol. The van der Waals surface area contributed by atoms with Gasteiger partial charge in [0.2, 0.25) is 0 Å². The van der Waals surface area contributed by atoms with Crippen LogP contribution in [0.15, 0.2) is 11.0 Å². The molecule has 3 nitrogen and oxygen atoms in total. The molecule has 2 rings (SSSR count). The van der Waals surface area contributed by atoms with E-state index in [-0.39, 0.29) is 18.3 Å². The van der Waals surface area contributed by atoms with E-state index in [1.165, 1.54) is 0 Å². The summed E-state index contributed by atoms with van der Waals surface area (Å²) in [6.45, 7) is 8.15. The number of hydrogen-bond acceptors (Lipinski definition) is 3. The molecule has 0 spiro atoms. The lowest BCUT2D eigenvalue weighted by atomic mass is 9.76. The van der Waals surface area contributed by atoms with E-state index in [4.69, 9.17) is 14.6 Å². The van der Waals surface area contributed by atoms with E-state index in [9.17, 15) is 0 Å². The summed E-state index contributed by atoms with van der Waals surface area (Å²) in [6, 6.07) is 2.27. The summed E-state index contributed by atoms with van der Waals surface area (Å²) in [5, 5.41) is 9.04. The van der Waals surface area contributed by atoms with Crippen molar-refractivity contribution in [2.75, 3.05) is 0 Å². The molecule has 1 fully saturated rings. The van der Waals surface area contributed by atoms with Gasteiger partial charge in [-0.25, -0.2) is 0 Å². The van der Waals surface area contributed by atoms with Crippen LogP contribution in [0.5, 0.6) is 0 Å². The lowest BCUT2D eigenvalue weighted by molar-refractivity contribution is 0.00578. The summed E-state index contributed by atoms with van der Waals surface area (Å²) < 4.78 is 11.9. The van der Waals surface area contributed by atoms with Crippen molar-refractivity contribution in [1.29, 1.82) is 5.26 Å². The molecule has 0 saturated carbocycles. The Labute approximate surface area is 97.6 Å². The molecule has 1 aliphatic carbocycles. The Morgan fingerprint density at radius 1 is 1.12 bits per heavy atom. The first-order valence-electron chi connectivity index (χ1n) is 5.85. The second-order valence-corrected chi connectivity index (χ2v) is 5.56. The maximum Gasteiger partial charge on any atom is 0.491 e. The minimum Gasteiger partial charge on any atom is -0.400 e. The minimum atomic E-state index is -0.317. The zero-order valence-electron chi connectivity index (χ0n) is 10.5. The predicted molar refractivity (Wildman–Crippen MR) is 62.6 cm³/mol. The van der Waals surface area contributed by atoms with E-state index in [1.807, 2.05) is 27.7 Å². The second-order valence-electron chi connectivity index (χ2n) is 5.56. The zero-order valence-corrected chi connectivity index (χ0v) is 10.5. The highest BCUT2D eigenvalue weighted by molar-refractivity contribution is 6.55. The summed E-state index contributed by atoms with van der Waals surface area (Å²) in [4.78, 5) is 0. The average molecular weight is 219 g/mol. The number of allylic oxidation sites excluding steroid dienone is 2. The molecule has 0 aromatic rings. The molecular formula is C12H18BNO2. The molecule has 16 heavy (non-hydrogen) atoms. The minimum absolute atomic E-state index is 0.312. The van der Waals surface area contributed by atoms with Crippen molar-refractivity contribution in [2.45, 2.75) is 58.2 Å². The SMILES string of the molecule is CC1(C)OB(C2=C(C#N)CCC2)OC1(C)C. The smallest absolute Gasteiger partial charge is 0.400 e. The quantitative estimate of drug-likeness (QED) is 0.636. The zero-order chi connectivity index (χ0) is 12.0. The largest absolute Gasteiger partial charge is 0.491 e. The van der Waals surface area contributed by atoms with Gasteiger partial charge in [-0.1, -0.05) is 0 Å². The van der Waals surface area contributed by atoms with Crippen LogP contribution in [0, 0.1) is 11.3 Å².